The smallest absolute Gasteiger partial charge is 0.131 e. The molecule has 0 N–H and O–H groups in total. The fourth-order valence-corrected chi connectivity index (χ4v) is 4.16. The molecule has 0 bridgehead atoms. The third-order valence-electron chi connectivity index (χ3n) is 5.48. The molecule has 0 aliphatic rings. The van der Waals surface area contributed by atoms with E-state index in [1.165, 1.54) is 0 Å². The summed E-state index contributed by atoms with van der Waals surface area (Å²) in [5.74, 6) is -0.0665. The third kappa shape index (κ3) is 3.06. The highest BCUT2D eigenvalue weighted by atomic mass is 16.1. The van der Waals surface area contributed by atoms with Gasteiger partial charge in [-0.3, -0.25) is 0 Å². The minimum Gasteiger partial charge on any atom is -0.302 e. The van der Waals surface area contributed by atoms with Crippen molar-refractivity contribution in [1.29, 1.82) is 0 Å². The van der Waals surface area contributed by atoms with Crippen LogP contribution in [0.3, 0.4) is 0 Å². The second-order valence-corrected chi connectivity index (χ2v) is 7.18. The molecule has 27 heavy (non-hydrogen) atoms. The molecule has 0 amide bonds. The van der Waals surface area contributed by atoms with Gasteiger partial charge in [-0.05, 0) is 34.4 Å². The molecular formula is C26H22O. The Morgan fingerprint density at radius 2 is 1.19 bits per heavy atom. The van der Waals surface area contributed by atoms with E-state index in [1.54, 1.807) is 0 Å². The van der Waals surface area contributed by atoms with Crippen molar-refractivity contribution >= 4 is 17.1 Å². The van der Waals surface area contributed by atoms with Crippen LogP contribution in [0.1, 0.15) is 29.5 Å². The summed E-state index contributed by atoms with van der Waals surface area (Å²) < 4.78 is 0. The topological polar surface area (TPSA) is 17.1 Å². The van der Waals surface area contributed by atoms with Crippen molar-refractivity contribution in [3.63, 3.8) is 0 Å². The maximum absolute atomic E-state index is 12.7. The molecule has 0 heterocycles. The number of aldehydes is 1. The third-order valence-corrected chi connectivity index (χ3v) is 5.48. The second kappa shape index (κ2) is 7.20. The lowest BCUT2D eigenvalue weighted by molar-refractivity contribution is -0.112. The number of hydrogen-bond acceptors (Lipinski definition) is 1. The highest BCUT2D eigenvalue weighted by molar-refractivity contribution is 5.90. The van der Waals surface area contributed by atoms with Gasteiger partial charge in [0.15, 0.2) is 0 Å². The van der Waals surface area contributed by atoms with Gasteiger partial charge in [-0.25, -0.2) is 0 Å². The summed E-state index contributed by atoms with van der Waals surface area (Å²) in [6.07, 6.45) is 1.12. The van der Waals surface area contributed by atoms with Gasteiger partial charge in [0.25, 0.3) is 0 Å². The van der Waals surface area contributed by atoms with Crippen molar-refractivity contribution in [3.8, 4) is 0 Å². The molecule has 1 unspecified atom stereocenters. The maximum Gasteiger partial charge on any atom is 0.131 e. The molecule has 1 heteroatoms. The molecule has 0 aromatic heterocycles. The first-order valence-corrected chi connectivity index (χ1v) is 9.28. The van der Waals surface area contributed by atoms with Crippen LogP contribution in [0.5, 0.6) is 0 Å². The van der Waals surface area contributed by atoms with Gasteiger partial charge in [0, 0.05) is 5.92 Å². The van der Waals surface area contributed by atoms with Crippen LogP contribution < -0.4 is 0 Å². The van der Waals surface area contributed by atoms with E-state index in [-0.39, 0.29) is 5.92 Å². The molecule has 1 nitrogen and oxygen atoms in total. The molecule has 4 aromatic carbocycles. The van der Waals surface area contributed by atoms with E-state index >= 15 is 0 Å². The van der Waals surface area contributed by atoms with Crippen LogP contribution in [-0.4, -0.2) is 6.29 Å². The highest BCUT2D eigenvalue weighted by Gasteiger charge is 2.39. The SMILES string of the molecule is CC(C=O)(c1cccc2ccccc12)C(c1ccccc1)c1ccccc1. The Labute approximate surface area is 160 Å². The average molecular weight is 350 g/mol. The average Bonchev–Trinajstić information content (AvgIpc) is 2.75. The Balaban J connectivity index is 2.00. The summed E-state index contributed by atoms with van der Waals surface area (Å²) in [5.41, 5.74) is 2.66. The summed E-state index contributed by atoms with van der Waals surface area (Å²) in [6.45, 7) is 2.06. The molecule has 4 aromatic rings. The number of carbonyl (C=O) groups excluding carboxylic acids is 1. The van der Waals surface area contributed by atoms with Crippen LogP contribution in [0.25, 0.3) is 10.8 Å². The summed E-state index contributed by atoms with van der Waals surface area (Å²) in [5, 5.41) is 2.29. The van der Waals surface area contributed by atoms with Crippen molar-refractivity contribution in [2.45, 2.75) is 18.3 Å². The number of hydrogen-bond donors (Lipinski definition) is 0. The van der Waals surface area contributed by atoms with E-state index in [0.717, 1.165) is 33.7 Å². The zero-order valence-electron chi connectivity index (χ0n) is 15.4. The van der Waals surface area contributed by atoms with Gasteiger partial charge in [-0.2, -0.15) is 0 Å². The zero-order chi connectivity index (χ0) is 18.7. The lowest BCUT2D eigenvalue weighted by Gasteiger charge is -2.35. The van der Waals surface area contributed by atoms with Gasteiger partial charge >= 0.3 is 0 Å². The predicted octanol–water partition coefficient (Wildman–Crippen LogP) is 6.13. The Hall–Kier alpha value is -3.19. The van der Waals surface area contributed by atoms with Crippen molar-refractivity contribution in [1.82, 2.24) is 0 Å². The van der Waals surface area contributed by atoms with Crippen molar-refractivity contribution in [3.05, 3.63) is 120 Å². The predicted molar refractivity (Wildman–Crippen MR) is 112 cm³/mol. The molecule has 0 spiro atoms. The van der Waals surface area contributed by atoms with E-state index in [0.29, 0.717) is 0 Å². The molecule has 0 aliphatic heterocycles. The lowest BCUT2D eigenvalue weighted by Crippen LogP contribution is -2.33. The minimum absolute atomic E-state index is 0.0665. The molecule has 0 aliphatic carbocycles. The Morgan fingerprint density at radius 1 is 0.667 bits per heavy atom. The first-order valence-electron chi connectivity index (χ1n) is 9.28. The van der Waals surface area contributed by atoms with Gasteiger partial charge in [0.05, 0.1) is 5.41 Å². The zero-order valence-corrected chi connectivity index (χ0v) is 15.4. The van der Waals surface area contributed by atoms with Crippen LogP contribution >= 0.6 is 0 Å². The molecule has 0 saturated heterocycles. The normalized spacial score (nSPS) is 13.4. The minimum atomic E-state index is -0.691. The van der Waals surface area contributed by atoms with Gasteiger partial charge in [0.1, 0.15) is 6.29 Å². The molecule has 1 atom stereocenters. The maximum atomic E-state index is 12.7. The molecule has 0 radical (unpaired) electrons. The van der Waals surface area contributed by atoms with Crippen LogP contribution in [0.4, 0.5) is 0 Å². The summed E-state index contributed by atoms with van der Waals surface area (Å²) in [7, 11) is 0. The monoisotopic (exact) mass is 350 g/mol. The van der Waals surface area contributed by atoms with Crippen LogP contribution in [0, 0.1) is 0 Å². The number of benzene rings is 4. The van der Waals surface area contributed by atoms with E-state index in [4.69, 9.17) is 0 Å². The van der Waals surface area contributed by atoms with Crippen molar-refractivity contribution in [2.24, 2.45) is 0 Å². The van der Waals surface area contributed by atoms with E-state index in [9.17, 15) is 4.79 Å². The van der Waals surface area contributed by atoms with Gasteiger partial charge in [0.2, 0.25) is 0 Å². The Bertz CT molecular complexity index is 1010. The fraction of sp³-hybridized carbons (Fsp3) is 0.115. The molecule has 0 saturated carbocycles. The van der Waals surface area contributed by atoms with Crippen LogP contribution in [-0.2, 0) is 10.2 Å². The van der Waals surface area contributed by atoms with Gasteiger partial charge < -0.3 is 4.79 Å². The van der Waals surface area contributed by atoms with Gasteiger partial charge in [-0.1, -0.05) is 103 Å². The quantitative estimate of drug-likeness (QED) is 0.396. The molecule has 0 fully saturated rings. The van der Waals surface area contributed by atoms with Crippen molar-refractivity contribution < 1.29 is 4.79 Å². The lowest BCUT2D eigenvalue weighted by atomic mass is 9.66. The Morgan fingerprint density at radius 3 is 1.78 bits per heavy atom. The van der Waals surface area contributed by atoms with Crippen LogP contribution in [0.15, 0.2) is 103 Å². The molecule has 4 rings (SSSR count). The van der Waals surface area contributed by atoms with E-state index < -0.39 is 5.41 Å². The largest absolute Gasteiger partial charge is 0.302 e. The summed E-state index contributed by atoms with van der Waals surface area (Å²) in [6, 6.07) is 35.2. The standard InChI is InChI=1S/C26H22O/c1-26(19-27,24-18-10-16-20-11-8-9-17-23(20)24)25(21-12-4-2-5-13-21)22-14-6-3-7-15-22/h2-19,25H,1H3. The molecule has 132 valence electrons. The first-order chi connectivity index (χ1) is 13.2. The van der Waals surface area contributed by atoms with Crippen LogP contribution in [0.2, 0.25) is 0 Å². The van der Waals surface area contributed by atoms with E-state index in [1.807, 2.05) is 54.6 Å². The number of carbonyl (C=O) groups is 1. The van der Waals surface area contributed by atoms with Crippen molar-refractivity contribution in [2.75, 3.05) is 0 Å². The second-order valence-electron chi connectivity index (χ2n) is 7.18. The van der Waals surface area contributed by atoms with E-state index in [2.05, 4.69) is 55.5 Å². The Kier molecular flexibility index (Phi) is 4.60. The summed E-state index contributed by atoms with van der Waals surface area (Å²) in [4.78, 5) is 12.7. The fourth-order valence-electron chi connectivity index (χ4n) is 4.16. The molecular weight excluding hydrogens is 328 g/mol. The number of rotatable bonds is 5. The summed E-state index contributed by atoms with van der Waals surface area (Å²) >= 11 is 0. The van der Waals surface area contributed by atoms with Gasteiger partial charge in [-0.15, -0.1) is 0 Å². The first kappa shape index (κ1) is 17.2. The number of fused-ring (bicyclic) bond motifs is 1. The highest BCUT2D eigenvalue weighted by Crippen LogP contribution is 2.44.